The van der Waals surface area contributed by atoms with E-state index in [1.165, 1.54) is 13.0 Å². The molecule has 0 N–H and O–H groups in total. The van der Waals surface area contributed by atoms with E-state index in [0.29, 0.717) is 25.7 Å². The Hall–Kier alpha value is -2.79. The number of alkyl halides is 3. The van der Waals surface area contributed by atoms with Crippen molar-refractivity contribution < 1.29 is 56.0 Å². The van der Waals surface area contributed by atoms with Crippen molar-refractivity contribution in [1.29, 1.82) is 0 Å². The van der Waals surface area contributed by atoms with Crippen LogP contribution in [0.4, 0.5) is 22.8 Å². The molecule has 0 saturated heterocycles. The summed E-state index contributed by atoms with van der Waals surface area (Å²) in [5.41, 5.74) is -1.29. The Balaban J connectivity index is 1.81. The van der Waals surface area contributed by atoms with Crippen molar-refractivity contribution in [1.82, 2.24) is 0 Å². The van der Waals surface area contributed by atoms with E-state index in [1.807, 2.05) is 13.8 Å². The Morgan fingerprint density at radius 2 is 1.56 bits per heavy atom. The number of carbonyl (C=O) groups is 4. The lowest BCUT2D eigenvalue weighted by molar-refractivity contribution is -0.202. The van der Waals surface area contributed by atoms with Gasteiger partial charge in [0.15, 0.2) is 0 Å². The molecule has 0 aliphatic heterocycles. The van der Waals surface area contributed by atoms with Gasteiger partial charge in [-0.15, -0.1) is 0 Å². The number of methoxy groups -OCH3 is 2. The molecule has 12 heteroatoms. The number of fused-ring (bicyclic) bond motifs is 5. The Labute approximate surface area is 224 Å². The van der Waals surface area contributed by atoms with Crippen LogP contribution in [-0.2, 0) is 33.3 Å². The van der Waals surface area contributed by atoms with Gasteiger partial charge in [-0.3, -0.25) is 4.79 Å². The maximum atomic E-state index is 13.3. The second kappa shape index (κ2) is 10.3. The van der Waals surface area contributed by atoms with Crippen LogP contribution in [-0.4, -0.2) is 56.7 Å². The van der Waals surface area contributed by atoms with Gasteiger partial charge < -0.3 is 23.7 Å². The molecule has 0 aromatic carbocycles. The number of allylic oxidation sites excluding steroid dienone is 2. The Morgan fingerprint density at radius 1 is 0.923 bits per heavy atom. The molecule has 9 nitrogen and oxygen atoms in total. The molecule has 0 heterocycles. The normalized spacial score (nSPS) is 39.2. The van der Waals surface area contributed by atoms with Crippen molar-refractivity contribution in [3.63, 3.8) is 0 Å². The summed E-state index contributed by atoms with van der Waals surface area (Å²) in [6, 6.07) is 0. The number of hydrogen-bond acceptors (Lipinski definition) is 9. The van der Waals surface area contributed by atoms with Gasteiger partial charge in [-0.1, -0.05) is 13.8 Å². The molecule has 0 bridgehead atoms. The second-order valence-corrected chi connectivity index (χ2v) is 11.7. The molecule has 4 aliphatic rings. The summed E-state index contributed by atoms with van der Waals surface area (Å²) in [6.07, 6.45) is -4.52. The summed E-state index contributed by atoms with van der Waals surface area (Å²) >= 11 is 0. The minimum Gasteiger partial charge on any atom is -0.438 e. The van der Waals surface area contributed by atoms with Crippen molar-refractivity contribution in [2.45, 2.75) is 77.7 Å². The Morgan fingerprint density at radius 3 is 2.15 bits per heavy atom. The van der Waals surface area contributed by atoms with Crippen LogP contribution in [0.15, 0.2) is 11.8 Å². The molecule has 4 rings (SSSR count). The monoisotopic (exact) mass is 560 g/mol. The number of rotatable bonds is 4. The van der Waals surface area contributed by atoms with Crippen LogP contribution < -0.4 is 0 Å². The third kappa shape index (κ3) is 4.99. The first kappa shape index (κ1) is 29.2. The van der Waals surface area contributed by atoms with Crippen LogP contribution in [0.3, 0.4) is 0 Å². The lowest BCUT2D eigenvalue weighted by Crippen LogP contribution is -2.60. The first-order chi connectivity index (χ1) is 18.2. The van der Waals surface area contributed by atoms with E-state index in [0.717, 1.165) is 14.2 Å². The summed E-state index contributed by atoms with van der Waals surface area (Å²) in [5.74, 6) is -4.36. The molecule has 0 aromatic heterocycles. The van der Waals surface area contributed by atoms with E-state index < -0.39 is 59.3 Å². The average Bonchev–Trinajstić information content (AvgIpc) is 3.21. The highest BCUT2D eigenvalue weighted by Crippen LogP contribution is 2.68. The van der Waals surface area contributed by atoms with E-state index in [9.17, 15) is 32.3 Å². The van der Waals surface area contributed by atoms with Crippen molar-refractivity contribution in [2.75, 3.05) is 14.2 Å². The Kier molecular flexibility index (Phi) is 7.72. The zero-order valence-electron chi connectivity index (χ0n) is 22.7. The van der Waals surface area contributed by atoms with Crippen LogP contribution in [0.1, 0.15) is 59.3 Å². The number of esters is 1. The largest absolute Gasteiger partial charge is 0.508 e. The SMILES string of the molecule is COC(=O)O[C@@H]1CC2C=C(OC(=O)C(F)(F)F)[C@H]3[C@@H]4CC[C@H](C(C)=O)[C@@]4(C)CC[C@@H]3[C@@]2(C)[C@@H](OC(=O)OC)C1. The van der Waals surface area contributed by atoms with Crippen LogP contribution >= 0.6 is 0 Å². The maximum Gasteiger partial charge on any atom is 0.508 e. The highest BCUT2D eigenvalue weighted by atomic mass is 19.4. The topological polar surface area (TPSA) is 114 Å². The summed E-state index contributed by atoms with van der Waals surface area (Å²) in [6.45, 7) is 5.44. The molecule has 39 heavy (non-hydrogen) atoms. The maximum absolute atomic E-state index is 13.3. The summed E-state index contributed by atoms with van der Waals surface area (Å²) in [5, 5.41) is 0. The number of carbonyl (C=O) groups excluding carboxylic acids is 4. The predicted octanol–water partition coefficient (Wildman–Crippen LogP) is 5.36. The zero-order chi connectivity index (χ0) is 28.9. The summed E-state index contributed by atoms with van der Waals surface area (Å²) < 4.78 is 65.6. The molecule has 0 spiro atoms. The van der Waals surface area contributed by atoms with Gasteiger partial charge in [0.05, 0.1) is 14.2 Å². The summed E-state index contributed by atoms with van der Waals surface area (Å²) in [4.78, 5) is 48.8. The quantitative estimate of drug-likeness (QED) is 0.331. The van der Waals surface area contributed by atoms with Crippen molar-refractivity contribution in [3.8, 4) is 0 Å². The fraction of sp³-hybridized carbons (Fsp3) is 0.778. The van der Waals surface area contributed by atoms with Crippen molar-refractivity contribution in [2.24, 2.45) is 40.4 Å². The van der Waals surface area contributed by atoms with Gasteiger partial charge in [-0.2, -0.15) is 13.2 Å². The van der Waals surface area contributed by atoms with Gasteiger partial charge >= 0.3 is 24.5 Å². The lowest BCUT2D eigenvalue weighted by Gasteiger charge is -2.61. The minimum absolute atomic E-state index is 0.0310. The van der Waals surface area contributed by atoms with E-state index in [-0.39, 0.29) is 42.1 Å². The van der Waals surface area contributed by atoms with Crippen LogP contribution in [0.5, 0.6) is 0 Å². The van der Waals surface area contributed by atoms with Gasteiger partial charge in [0, 0.05) is 23.7 Å². The van der Waals surface area contributed by atoms with Gasteiger partial charge in [0.25, 0.3) is 0 Å². The number of hydrogen-bond donors (Lipinski definition) is 0. The van der Waals surface area contributed by atoms with Crippen molar-refractivity contribution >= 4 is 24.1 Å². The first-order valence-electron chi connectivity index (χ1n) is 13.2. The van der Waals surface area contributed by atoms with E-state index in [2.05, 4.69) is 4.74 Å². The molecular formula is C27H35F3O9. The van der Waals surface area contributed by atoms with Gasteiger partial charge in [0.1, 0.15) is 23.8 Å². The fourth-order valence-electron chi connectivity index (χ4n) is 8.22. The average molecular weight is 561 g/mol. The molecule has 218 valence electrons. The number of halogens is 3. The predicted molar refractivity (Wildman–Crippen MR) is 127 cm³/mol. The summed E-state index contributed by atoms with van der Waals surface area (Å²) in [7, 11) is 2.31. The first-order valence-corrected chi connectivity index (χ1v) is 13.2. The molecular weight excluding hydrogens is 525 g/mol. The highest BCUT2D eigenvalue weighted by Gasteiger charge is 2.65. The number of ketones is 1. The fourth-order valence-corrected chi connectivity index (χ4v) is 8.22. The number of ether oxygens (including phenoxy) is 5. The smallest absolute Gasteiger partial charge is 0.438 e. The molecule has 3 saturated carbocycles. The van der Waals surface area contributed by atoms with E-state index in [1.54, 1.807) is 0 Å². The van der Waals surface area contributed by atoms with Crippen molar-refractivity contribution in [3.05, 3.63) is 11.8 Å². The standard InChI is InChI=1S/C27H35F3O9/c1-13(31)16-6-7-17-21-18(8-9-25(16,17)2)26(3)14(11-19(21)38-22(32)27(28,29)30)10-15(37-23(33)35-4)12-20(26)39-24(34)36-5/h11,14-18,20-21H,6-10,12H2,1-5H3/t14?,15-,16-,17+,18+,20+,21+,25-,26+/m1/s1. The van der Waals surface area contributed by atoms with Crippen LogP contribution in [0.25, 0.3) is 0 Å². The molecule has 0 amide bonds. The van der Waals surface area contributed by atoms with Gasteiger partial charge in [-0.05, 0) is 68.3 Å². The second-order valence-electron chi connectivity index (χ2n) is 11.7. The van der Waals surface area contributed by atoms with E-state index >= 15 is 0 Å². The number of Topliss-reactive ketones (excluding diaryl/α,β-unsaturated/α-hetero) is 1. The molecule has 0 radical (unpaired) electrons. The molecule has 9 atom stereocenters. The van der Waals surface area contributed by atoms with E-state index in [4.69, 9.17) is 18.9 Å². The molecule has 3 fully saturated rings. The third-order valence-electron chi connectivity index (χ3n) is 10.0. The van der Waals surface area contributed by atoms with Gasteiger partial charge in [0.2, 0.25) is 0 Å². The Bertz CT molecular complexity index is 1060. The minimum atomic E-state index is -5.20. The van der Waals surface area contributed by atoms with Gasteiger partial charge in [-0.25, -0.2) is 14.4 Å². The van der Waals surface area contributed by atoms with Crippen LogP contribution in [0, 0.1) is 40.4 Å². The molecule has 1 unspecified atom stereocenters. The lowest BCUT2D eigenvalue weighted by atomic mass is 9.45. The molecule has 4 aliphatic carbocycles. The third-order valence-corrected chi connectivity index (χ3v) is 10.0. The zero-order valence-corrected chi connectivity index (χ0v) is 22.7. The van der Waals surface area contributed by atoms with Crippen LogP contribution in [0.2, 0.25) is 0 Å². The molecule has 0 aromatic rings. The highest BCUT2D eigenvalue weighted by molar-refractivity contribution is 5.79.